The van der Waals surface area contributed by atoms with Gasteiger partial charge in [0.15, 0.2) is 27.5 Å². The van der Waals surface area contributed by atoms with Crippen molar-refractivity contribution in [1.29, 1.82) is 0 Å². The summed E-state index contributed by atoms with van der Waals surface area (Å²) in [5, 5.41) is 23.2. The highest BCUT2D eigenvalue weighted by Crippen LogP contribution is 2.47. The summed E-state index contributed by atoms with van der Waals surface area (Å²) >= 11 is 2.74. The summed E-state index contributed by atoms with van der Waals surface area (Å²) in [4.78, 5) is 50.9. The molecule has 2 aliphatic heterocycles. The van der Waals surface area contributed by atoms with E-state index in [4.69, 9.17) is 9.84 Å². The highest BCUT2D eigenvalue weighted by molar-refractivity contribution is 7.22. The maximum Gasteiger partial charge on any atom is 0.355 e. The summed E-state index contributed by atoms with van der Waals surface area (Å²) in [5.41, 5.74) is 4.23. The van der Waals surface area contributed by atoms with Crippen LogP contribution in [0.3, 0.4) is 0 Å². The standard InChI is InChI=1S/C45H46FN5O6S2/c46-34-26-29(6-4-21-50-23-19-45(20-24-50)17-14-30(15-18-45)27-39(52)53)12-13-36(34)57-25-5-11-38-40(42(55)56)48-44(59-38)51-22-16-31-7-3-8-32(33(31)28-51)41(54)49-43-47-35-9-1-2-10-37(35)58-43/h1-3,7-10,12-13,26,30H,5,11,14-25,27-28H2,(H,52,53)(H,55,56)(H,47,49,54). The Morgan fingerprint density at radius 3 is 2.54 bits per heavy atom. The number of thiazole rings is 2. The zero-order valence-electron chi connectivity index (χ0n) is 32.7. The van der Waals surface area contributed by atoms with Gasteiger partial charge >= 0.3 is 11.9 Å². The molecule has 3 N–H and O–H groups in total. The number of aliphatic carboxylic acids is 1. The Labute approximate surface area is 350 Å². The number of benzene rings is 3. The van der Waals surface area contributed by atoms with Crippen molar-refractivity contribution in [1.82, 2.24) is 14.9 Å². The molecule has 0 atom stereocenters. The van der Waals surface area contributed by atoms with E-state index < -0.39 is 17.8 Å². The smallest absolute Gasteiger partial charge is 0.355 e. The lowest BCUT2D eigenvalue weighted by Crippen LogP contribution is -2.42. The van der Waals surface area contributed by atoms with Gasteiger partial charge in [-0.2, -0.15) is 0 Å². The number of nitrogens with zero attached hydrogens (tertiary/aromatic N) is 4. The number of halogens is 1. The monoisotopic (exact) mass is 835 g/mol. The lowest BCUT2D eigenvalue weighted by molar-refractivity contribution is -0.138. The number of aromatic nitrogens is 2. The first kappa shape index (κ1) is 40.4. The average Bonchev–Trinajstić information content (AvgIpc) is 3.85. The number of para-hydroxylation sites is 1. The fourth-order valence-corrected chi connectivity index (χ4v) is 10.6. The highest BCUT2D eigenvalue weighted by atomic mass is 32.1. The van der Waals surface area contributed by atoms with E-state index in [9.17, 15) is 19.5 Å². The second kappa shape index (κ2) is 17.9. The summed E-state index contributed by atoms with van der Waals surface area (Å²) in [6, 6.07) is 18.1. The van der Waals surface area contributed by atoms with Gasteiger partial charge in [-0.05, 0) is 130 Å². The van der Waals surface area contributed by atoms with Gasteiger partial charge in [0, 0.05) is 35.5 Å². The van der Waals surface area contributed by atoms with Crippen LogP contribution in [-0.4, -0.2) is 75.7 Å². The molecule has 59 heavy (non-hydrogen) atoms. The third-order valence-corrected chi connectivity index (χ3v) is 14.1. The first-order chi connectivity index (χ1) is 28.6. The van der Waals surface area contributed by atoms with Gasteiger partial charge in [0.25, 0.3) is 5.91 Å². The van der Waals surface area contributed by atoms with Crippen LogP contribution in [0.15, 0.2) is 60.7 Å². The number of piperidine rings is 1. The van der Waals surface area contributed by atoms with Crippen molar-refractivity contribution in [2.24, 2.45) is 11.3 Å². The van der Waals surface area contributed by atoms with E-state index in [1.165, 1.54) is 28.7 Å². The molecule has 3 aliphatic rings. The predicted octanol–water partition coefficient (Wildman–Crippen LogP) is 8.52. The number of carboxylic acids is 2. The van der Waals surface area contributed by atoms with E-state index >= 15 is 4.39 Å². The molecule has 4 heterocycles. The quantitative estimate of drug-likeness (QED) is 0.0827. The molecular formula is C45H46FN5O6S2. The molecule has 0 unspecified atom stereocenters. The van der Waals surface area contributed by atoms with Gasteiger partial charge in [0.05, 0.1) is 23.4 Å². The summed E-state index contributed by atoms with van der Waals surface area (Å²) in [5.74, 6) is 4.17. The molecule has 5 aromatic rings. The minimum absolute atomic E-state index is 0.00376. The molecule has 11 nitrogen and oxygen atoms in total. The zero-order valence-corrected chi connectivity index (χ0v) is 34.3. The van der Waals surface area contributed by atoms with Crippen molar-refractivity contribution >= 4 is 61.0 Å². The fraction of sp³-hybridized carbons (Fsp3) is 0.400. The SMILES string of the molecule is O=C(O)CC1CCC2(CC1)CCN(CC#Cc1ccc(OCCCc3sc(N4CCc5cccc(C(=O)Nc6nc7ccccc7s6)c5C4)nc3C(=O)O)c(F)c1)CC2. The maximum absolute atomic E-state index is 15.0. The normalized spacial score (nSPS) is 16.7. The Kier molecular flexibility index (Phi) is 12.2. The molecule has 3 aromatic carbocycles. The highest BCUT2D eigenvalue weighted by Gasteiger charge is 2.38. The number of carbonyl (C=O) groups is 3. The molecular weight excluding hydrogens is 790 g/mol. The largest absolute Gasteiger partial charge is 0.491 e. The molecule has 1 aliphatic carbocycles. The molecule has 1 amide bonds. The number of rotatable bonds is 12. The Hall–Kier alpha value is -5.36. The van der Waals surface area contributed by atoms with Gasteiger partial charge in [-0.25, -0.2) is 19.2 Å². The Balaban J connectivity index is 0.820. The number of anilines is 2. The average molecular weight is 836 g/mol. The summed E-state index contributed by atoms with van der Waals surface area (Å²) in [6.45, 7) is 3.78. The number of hydrogen-bond acceptors (Lipinski definition) is 10. The number of amides is 1. The van der Waals surface area contributed by atoms with E-state index in [1.807, 2.05) is 41.3 Å². The van der Waals surface area contributed by atoms with Gasteiger partial charge in [0.1, 0.15) is 0 Å². The van der Waals surface area contributed by atoms with Crippen molar-refractivity contribution < 1.29 is 33.7 Å². The van der Waals surface area contributed by atoms with Crippen molar-refractivity contribution in [2.45, 2.75) is 70.8 Å². The van der Waals surface area contributed by atoms with E-state index in [2.05, 4.69) is 32.0 Å². The van der Waals surface area contributed by atoms with Crippen molar-refractivity contribution in [3.63, 3.8) is 0 Å². The van der Waals surface area contributed by atoms with Crippen LogP contribution in [0.1, 0.15) is 93.8 Å². The van der Waals surface area contributed by atoms with Crippen LogP contribution in [0.4, 0.5) is 14.7 Å². The van der Waals surface area contributed by atoms with Gasteiger partial charge in [0.2, 0.25) is 0 Å². The number of nitrogens with one attached hydrogen (secondary N) is 1. The van der Waals surface area contributed by atoms with E-state index in [-0.39, 0.29) is 30.4 Å². The number of hydrogen-bond donors (Lipinski definition) is 3. The molecule has 1 saturated heterocycles. The van der Waals surface area contributed by atoms with Gasteiger partial charge in [-0.3, -0.25) is 19.8 Å². The number of aromatic carboxylic acids is 1. The molecule has 2 aromatic heterocycles. The molecule has 1 saturated carbocycles. The molecule has 2 fully saturated rings. The van der Waals surface area contributed by atoms with Crippen LogP contribution < -0.4 is 15.0 Å². The van der Waals surface area contributed by atoms with Crippen molar-refractivity contribution in [3.8, 4) is 17.6 Å². The summed E-state index contributed by atoms with van der Waals surface area (Å²) in [6.07, 6.45) is 8.27. The van der Waals surface area contributed by atoms with Crippen molar-refractivity contribution in [2.75, 3.05) is 43.0 Å². The number of fused-ring (bicyclic) bond motifs is 2. The van der Waals surface area contributed by atoms with E-state index in [0.29, 0.717) is 76.5 Å². The lowest BCUT2D eigenvalue weighted by atomic mass is 9.65. The number of likely N-dealkylation sites (tertiary alicyclic amines) is 1. The molecule has 0 bridgehead atoms. The summed E-state index contributed by atoms with van der Waals surface area (Å²) < 4.78 is 21.8. The Bertz CT molecular complexity index is 2390. The lowest BCUT2D eigenvalue weighted by Gasteiger charge is -2.45. The Morgan fingerprint density at radius 2 is 1.78 bits per heavy atom. The molecule has 1 spiro atoms. The number of carboxylic acid groups (broad SMARTS) is 2. The first-order valence-corrected chi connectivity index (χ1v) is 21.9. The first-order valence-electron chi connectivity index (χ1n) is 20.2. The zero-order chi connectivity index (χ0) is 40.9. The van der Waals surface area contributed by atoms with Gasteiger partial charge in [-0.1, -0.05) is 47.4 Å². The maximum atomic E-state index is 15.0. The van der Waals surface area contributed by atoms with Gasteiger partial charge < -0.3 is 19.8 Å². The Morgan fingerprint density at radius 1 is 0.966 bits per heavy atom. The molecule has 306 valence electrons. The van der Waals surface area contributed by atoms with Crippen LogP contribution in [0.5, 0.6) is 5.75 Å². The number of aryl methyl sites for hydroxylation is 1. The van der Waals surface area contributed by atoms with E-state index in [1.54, 1.807) is 18.2 Å². The minimum Gasteiger partial charge on any atom is -0.491 e. The number of carbonyl (C=O) groups excluding carboxylic acids is 1. The minimum atomic E-state index is -1.11. The molecule has 8 rings (SSSR count). The number of ether oxygens (including phenoxy) is 1. The molecule has 0 radical (unpaired) electrons. The predicted molar refractivity (Wildman–Crippen MR) is 227 cm³/mol. The van der Waals surface area contributed by atoms with E-state index in [0.717, 1.165) is 73.0 Å². The van der Waals surface area contributed by atoms with Gasteiger partial charge in [-0.15, -0.1) is 11.3 Å². The van der Waals surface area contributed by atoms with Crippen LogP contribution >= 0.6 is 22.7 Å². The molecule has 14 heteroatoms. The van der Waals surface area contributed by atoms with Crippen LogP contribution in [0, 0.1) is 29.0 Å². The van der Waals surface area contributed by atoms with Crippen LogP contribution in [-0.2, 0) is 24.2 Å². The summed E-state index contributed by atoms with van der Waals surface area (Å²) in [7, 11) is 0. The van der Waals surface area contributed by atoms with Crippen molar-refractivity contribution in [3.05, 3.63) is 99.3 Å². The second-order valence-corrected chi connectivity index (χ2v) is 17.9. The van der Waals surface area contributed by atoms with Crippen LogP contribution in [0.25, 0.3) is 10.2 Å². The third kappa shape index (κ3) is 9.59. The second-order valence-electron chi connectivity index (χ2n) is 15.8. The fourth-order valence-electron chi connectivity index (χ4n) is 8.65. The third-order valence-electron chi connectivity index (χ3n) is 12.0. The topological polar surface area (TPSA) is 145 Å². The van der Waals surface area contributed by atoms with Crippen LogP contribution in [0.2, 0.25) is 0 Å².